The molecule has 0 aliphatic carbocycles. The van der Waals surface area contributed by atoms with Gasteiger partial charge >= 0.3 is 0 Å². The van der Waals surface area contributed by atoms with E-state index >= 15 is 0 Å². The Hall–Kier alpha value is -1.43. The van der Waals surface area contributed by atoms with Crippen LogP contribution >= 0.6 is 11.3 Å². The number of aromatic nitrogens is 1. The van der Waals surface area contributed by atoms with E-state index in [2.05, 4.69) is 10.3 Å². The predicted molar refractivity (Wildman–Crippen MR) is 82.7 cm³/mol. The van der Waals surface area contributed by atoms with Crippen molar-refractivity contribution in [2.45, 2.75) is 58.7 Å². The van der Waals surface area contributed by atoms with Crippen LogP contribution in [0.4, 0.5) is 0 Å². The SMILES string of the molecule is CCC1(CC)NC(=O)C(C(C)C)N(Cc2cncs2)C1=O. The van der Waals surface area contributed by atoms with Crippen molar-refractivity contribution >= 4 is 23.2 Å². The molecule has 5 nitrogen and oxygen atoms in total. The largest absolute Gasteiger partial charge is 0.340 e. The average Bonchev–Trinajstić information content (AvgIpc) is 2.95. The van der Waals surface area contributed by atoms with Gasteiger partial charge in [0.05, 0.1) is 12.1 Å². The zero-order valence-corrected chi connectivity index (χ0v) is 13.9. The molecule has 21 heavy (non-hydrogen) atoms. The van der Waals surface area contributed by atoms with Gasteiger partial charge < -0.3 is 10.2 Å². The Morgan fingerprint density at radius 1 is 1.38 bits per heavy atom. The Morgan fingerprint density at radius 3 is 2.52 bits per heavy atom. The van der Waals surface area contributed by atoms with Crippen molar-refractivity contribution in [3.8, 4) is 0 Å². The molecule has 1 saturated heterocycles. The van der Waals surface area contributed by atoms with Crippen molar-refractivity contribution in [3.05, 3.63) is 16.6 Å². The highest BCUT2D eigenvalue weighted by Gasteiger charge is 2.49. The highest BCUT2D eigenvalue weighted by atomic mass is 32.1. The molecule has 0 saturated carbocycles. The standard InChI is InChI=1S/C15H23N3O2S/c1-5-15(6-2)14(20)18(8-11-7-16-9-21-11)12(10(3)4)13(19)17-15/h7,9-10,12H,5-6,8H2,1-4H3,(H,17,19). The molecule has 1 fully saturated rings. The lowest BCUT2D eigenvalue weighted by atomic mass is 9.85. The van der Waals surface area contributed by atoms with Crippen LogP contribution in [0.15, 0.2) is 11.7 Å². The maximum Gasteiger partial charge on any atom is 0.249 e. The van der Waals surface area contributed by atoms with Gasteiger partial charge in [-0.15, -0.1) is 11.3 Å². The van der Waals surface area contributed by atoms with E-state index in [9.17, 15) is 9.59 Å². The minimum Gasteiger partial charge on any atom is -0.340 e. The number of nitrogens with zero attached hydrogens (tertiary/aromatic N) is 2. The van der Waals surface area contributed by atoms with Gasteiger partial charge in [0.2, 0.25) is 11.8 Å². The normalized spacial score (nSPS) is 21.8. The van der Waals surface area contributed by atoms with E-state index in [1.54, 1.807) is 16.6 Å². The van der Waals surface area contributed by atoms with Crippen LogP contribution in [0.3, 0.4) is 0 Å². The van der Waals surface area contributed by atoms with Crippen molar-refractivity contribution < 1.29 is 9.59 Å². The molecule has 2 amide bonds. The van der Waals surface area contributed by atoms with Gasteiger partial charge in [-0.05, 0) is 18.8 Å². The van der Waals surface area contributed by atoms with Crippen molar-refractivity contribution in [3.63, 3.8) is 0 Å². The van der Waals surface area contributed by atoms with Gasteiger partial charge in [-0.25, -0.2) is 0 Å². The third kappa shape index (κ3) is 2.81. The molecule has 116 valence electrons. The molecule has 1 N–H and O–H groups in total. The number of piperazine rings is 1. The summed E-state index contributed by atoms with van der Waals surface area (Å²) in [6.07, 6.45) is 2.98. The molecule has 1 unspecified atom stereocenters. The van der Waals surface area contributed by atoms with E-state index in [0.717, 1.165) is 4.88 Å². The third-order valence-electron chi connectivity index (χ3n) is 4.29. The third-order valence-corrected chi connectivity index (χ3v) is 5.05. The van der Waals surface area contributed by atoms with Gasteiger partial charge in [-0.3, -0.25) is 14.6 Å². The van der Waals surface area contributed by atoms with Gasteiger partial charge in [-0.2, -0.15) is 0 Å². The zero-order valence-electron chi connectivity index (χ0n) is 13.0. The van der Waals surface area contributed by atoms with Crippen LogP contribution in [0, 0.1) is 5.92 Å². The molecule has 6 heteroatoms. The van der Waals surface area contributed by atoms with Crippen LogP contribution in [-0.2, 0) is 16.1 Å². The fraction of sp³-hybridized carbons (Fsp3) is 0.667. The number of amides is 2. The zero-order chi connectivity index (χ0) is 15.6. The summed E-state index contributed by atoms with van der Waals surface area (Å²) in [4.78, 5) is 32.3. The smallest absolute Gasteiger partial charge is 0.249 e. The van der Waals surface area contributed by atoms with E-state index in [-0.39, 0.29) is 17.7 Å². The van der Waals surface area contributed by atoms with E-state index in [0.29, 0.717) is 19.4 Å². The van der Waals surface area contributed by atoms with E-state index in [1.807, 2.05) is 27.7 Å². The van der Waals surface area contributed by atoms with Crippen molar-refractivity contribution in [2.75, 3.05) is 0 Å². The van der Waals surface area contributed by atoms with Gasteiger partial charge in [0.1, 0.15) is 11.6 Å². The quantitative estimate of drug-likeness (QED) is 0.907. The molecule has 0 spiro atoms. The second-order valence-corrected chi connectivity index (χ2v) is 6.84. The van der Waals surface area contributed by atoms with E-state index in [4.69, 9.17) is 0 Å². The van der Waals surface area contributed by atoms with Crippen molar-refractivity contribution in [2.24, 2.45) is 5.92 Å². The first-order valence-corrected chi connectivity index (χ1v) is 8.33. The Bertz CT molecular complexity index is 509. The first kappa shape index (κ1) is 15.9. The maximum atomic E-state index is 13.0. The summed E-state index contributed by atoms with van der Waals surface area (Å²) in [6.45, 7) is 8.30. The van der Waals surface area contributed by atoms with Gasteiger partial charge in [0, 0.05) is 11.1 Å². The van der Waals surface area contributed by atoms with Gasteiger partial charge in [0.15, 0.2) is 0 Å². The van der Waals surface area contributed by atoms with E-state index in [1.165, 1.54) is 11.3 Å². The molecule has 2 rings (SSSR count). The number of thiazole rings is 1. The summed E-state index contributed by atoms with van der Waals surface area (Å²) in [5, 5.41) is 2.98. The van der Waals surface area contributed by atoms with Crippen LogP contribution < -0.4 is 5.32 Å². The molecule has 0 aromatic carbocycles. The monoisotopic (exact) mass is 309 g/mol. The molecular weight excluding hydrogens is 286 g/mol. The molecule has 1 aliphatic heterocycles. The number of hydrogen-bond acceptors (Lipinski definition) is 4. The Balaban J connectivity index is 2.37. The van der Waals surface area contributed by atoms with Crippen LogP contribution in [0.25, 0.3) is 0 Å². The number of rotatable bonds is 5. The highest BCUT2D eigenvalue weighted by Crippen LogP contribution is 2.29. The van der Waals surface area contributed by atoms with Crippen LogP contribution in [-0.4, -0.2) is 33.3 Å². The summed E-state index contributed by atoms with van der Waals surface area (Å²) in [6, 6.07) is -0.411. The van der Waals surface area contributed by atoms with Gasteiger partial charge in [0.25, 0.3) is 0 Å². The Kier molecular flexibility index (Phi) is 4.66. The Morgan fingerprint density at radius 2 is 2.05 bits per heavy atom. The summed E-state index contributed by atoms with van der Waals surface area (Å²) in [5.41, 5.74) is 0.994. The minimum absolute atomic E-state index is 0.0270. The lowest BCUT2D eigenvalue weighted by Gasteiger charge is -2.46. The molecule has 2 heterocycles. The van der Waals surface area contributed by atoms with Crippen LogP contribution in [0.1, 0.15) is 45.4 Å². The summed E-state index contributed by atoms with van der Waals surface area (Å²) in [7, 11) is 0. The molecule has 0 radical (unpaired) electrons. The van der Waals surface area contributed by atoms with Crippen molar-refractivity contribution in [1.29, 1.82) is 0 Å². The molecular formula is C15H23N3O2S. The lowest BCUT2D eigenvalue weighted by Crippen LogP contribution is -2.70. The summed E-state index contributed by atoms with van der Waals surface area (Å²) >= 11 is 1.51. The second kappa shape index (κ2) is 6.13. The fourth-order valence-electron chi connectivity index (χ4n) is 2.96. The van der Waals surface area contributed by atoms with Crippen molar-refractivity contribution in [1.82, 2.24) is 15.2 Å². The van der Waals surface area contributed by atoms with Gasteiger partial charge in [-0.1, -0.05) is 27.7 Å². The minimum atomic E-state index is -0.757. The summed E-state index contributed by atoms with van der Waals surface area (Å²) < 4.78 is 0. The number of carbonyl (C=O) groups excluding carboxylic acids is 2. The number of carbonyl (C=O) groups is 2. The first-order chi connectivity index (χ1) is 9.95. The van der Waals surface area contributed by atoms with E-state index < -0.39 is 11.6 Å². The lowest BCUT2D eigenvalue weighted by molar-refractivity contribution is -0.158. The van der Waals surface area contributed by atoms with Crippen LogP contribution in [0.2, 0.25) is 0 Å². The number of hydrogen-bond donors (Lipinski definition) is 1. The summed E-state index contributed by atoms with van der Waals surface area (Å²) in [5.74, 6) is 0.0607. The number of nitrogens with one attached hydrogen (secondary N) is 1. The first-order valence-electron chi connectivity index (χ1n) is 7.45. The molecule has 1 aromatic heterocycles. The fourth-order valence-corrected chi connectivity index (χ4v) is 3.55. The molecule has 1 aromatic rings. The molecule has 1 atom stereocenters. The maximum absolute atomic E-state index is 13.0. The molecule has 1 aliphatic rings. The van der Waals surface area contributed by atoms with Crippen LogP contribution in [0.5, 0.6) is 0 Å². The Labute approximate surface area is 129 Å². The highest BCUT2D eigenvalue weighted by molar-refractivity contribution is 7.09. The topological polar surface area (TPSA) is 62.3 Å². The average molecular weight is 309 g/mol. The molecule has 0 bridgehead atoms. The second-order valence-electron chi connectivity index (χ2n) is 5.87. The predicted octanol–water partition coefficient (Wildman–Crippen LogP) is 2.18.